The number of hydrogen-bond donors (Lipinski definition) is 1. The lowest BCUT2D eigenvalue weighted by Crippen LogP contribution is -2.17. The van der Waals surface area contributed by atoms with Gasteiger partial charge < -0.3 is 10.5 Å². The van der Waals surface area contributed by atoms with E-state index in [4.69, 9.17) is 28.9 Å². The highest BCUT2D eigenvalue weighted by Gasteiger charge is 2.32. The van der Waals surface area contributed by atoms with Gasteiger partial charge in [0.25, 0.3) is 0 Å². The number of nitrogens with zero attached hydrogens (tertiary/aromatic N) is 1. The molecule has 0 unspecified atom stereocenters. The van der Waals surface area contributed by atoms with E-state index in [1.807, 2.05) is 0 Å². The van der Waals surface area contributed by atoms with E-state index in [1.54, 1.807) is 6.92 Å². The van der Waals surface area contributed by atoms with E-state index in [1.165, 1.54) is 6.07 Å². The van der Waals surface area contributed by atoms with Crippen LogP contribution in [0.1, 0.15) is 5.56 Å². The zero-order valence-corrected chi connectivity index (χ0v) is 10.7. The Balaban J connectivity index is 3.12. The van der Waals surface area contributed by atoms with Crippen molar-refractivity contribution in [3.05, 3.63) is 22.7 Å². The van der Waals surface area contributed by atoms with Gasteiger partial charge >= 0.3 is 6.36 Å². The lowest BCUT2D eigenvalue weighted by Gasteiger charge is -2.12. The Labute approximate surface area is 111 Å². The van der Waals surface area contributed by atoms with Crippen LogP contribution < -0.4 is 10.5 Å². The molecule has 100 valence electrons. The maximum Gasteiger partial charge on any atom is 0.573 e. The van der Waals surface area contributed by atoms with Gasteiger partial charge in [-0.2, -0.15) is 0 Å². The second kappa shape index (κ2) is 5.67. The molecule has 0 aliphatic carbocycles. The number of rotatable bonds is 3. The molecule has 2 N–H and O–H groups in total. The van der Waals surface area contributed by atoms with Crippen LogP contribution in [0.25, 0.3) is 0 Å². The quantitative estimate of drug-likeness (QED) is 0.525. The molecule has 1 aromatic carbocycles. The van der Waals surface area contributed by atoms with Crippen molar-refractivity contribution in [1.29, 1.82) is 0 Å². The van der Waals surface area contributed by atoms with Crippen molar-refractivity contribution in [2.75, 3.05) is 5.88 Å². The number of ether oxygens (including phenoxy) is 1. The topological polar surface area (TPSA) is 47.6 Å². The largest absolute Gasteiger partial charge is 0.573 e. The molecule has 0 fully saturated rings. The Hall–Kier alpha value is -1.14. The van der Waals surface area contributed by atoms with E-state index in [0.717, 1.165) is 6.07 Å². The van der Waals surface area contributed by atoms with E-state index in [0.29, 0.717) is 11.3 Å². The van der Waals surface area contributed by atoms with Crippen LogP contribution in [0, 0.1) is 6.92 Å². The summed E-state index contributed by atoms with van der Waals surface area (Å²) in [6, 6.07) is 2.37. The first kappa shape index (κ1) is 14.9. The first-order valence-corrected chi connectivity index (χ1v) is 5.59. The first-order chi connectivity index (χ1) is 8.23. The summed E-state index contributed by atoms with van der Waals surface area (Å²) in [5.41, 5.74) is 6.20. The molecule has 0 spiro atoms. The SMILES string of the molecule is Cc1cc(OC(F)(F)F)c(Cl)cc1N=C(N)CCl. The molecule has 0 aromatic heterocycles. The standard InChI is InChI=1S/C10H9Cl2F3N2O/c1-5-2-8(18-10(13,14)15)6(12)3-7(5)17-9(16)4-11/h2-3H,4H2,1H3,(H2,16,17). The van der Waals surface area contributed by atoms with E-state index >= 15 is 0 Å². The normalized spacial score (nSPS) is 12.7. The highest BCUT2D eigenvalue weighted by molar-refractivity contribution is 6.32. The van der Waals surface area contributed by atoms with Crippen molar-refractivity contribution in [3.63, 3.8) is 0 Å². The number of nitrogens with two attached hydrogens (primary N) is 1. The predicted octanol–water partition coefficient (Wildman–Crippen LogP) is 3.77. The Bertz CT molecular complexity index is 475. The fraction of sp³-hybridized carbons (Fsp3) is 0.300. The van der Waals surface area contributed by atoms with E-state index in [9.17, 15) is 13.2 Å². The van der Waals surface area contributed by atoms with E-state index < -0.39 is 12.1 Å². The zero-order valence-electron chi connectivity index (χ0n) is 9.18. The molecule has 0 bridgehead atoms. The maximum absolute atomic E-state index is 12.1. The van der Waals surface area contributed by atoms with Gasteiger partial charge in [-0.15, -0.1) is 24.8 Å². The fourth-order valence-corrected chi connectivity index (χ4v) is 1.41. The van der Waals surface area contributed by atoms with Crippen LogP contribution in [0.15, 0.2) is 17.1 Å². The third-order valence-corrected chi connectivity index (χ3v) is 2.45. The molecule has 0 saturated heterocycles. The molecule has 8 heteroatoms. The van der Waals surface area contributed by atoms with Gasteiger partial charge in [-0.1, -0.05) is 11.6 Å². The smallest absolute Gasteiger partial charge is 0.404 e. The van der Waals surface area contributed by atoms with Gasteiger partial charge in [-0.3, -0.25) is 0 Å². The molecule has 0 amide bonds. The van der Waals surface area contributed by atoms with Gasteiger partial charge in [0.2, 0.25) is 0 Å². The second-order valence-corrected chi connectivity index (χ2v) is 4.03. The lowest BCUT2D eigenvalue weighted by atomic mass is 10.2. The first-order valence-electron chi connectivity index (χ1n) is 4.68. The predicted molar refractivity (Wildman–Crippen MR) is 64.9 cm³/mol. The molecule has 0 aliphatic heterocycles. The number of benzene rings is 1. The van der Waals surface area contributed by atoms with Crippen LogP contribution >= 0.6 is 23.2 Å². The number of hydrogen-bond acceptors (Lipinski definition) is 2. The molecule has 3 nitrogen and oxygen atoms in total. The molecule has 18 heavy (non-hydrogen) atoms. The van der Waals surface area contributed by atoms with Gasteiger partial charge in [0.1, 0.15) is 11.6 Å². The average Bonchev–Trinajstić information content (AvgIpc) is 2.23. The maximum atomic E-state index is 12.1. The number of aliphatic imine (C=N–C) groups is 1. The number of alkyl halides is 4. The van der Waals surface area contributed by atoms with Gasteiger partial charge in [0, 0.05) is 0 Å². The van der Waals surface area contributed by atoms with Crippen molar-refractivity contribution in [3.8, 4) is 5.75 Å². The van der Waals surface area contributed by atoms with Gasteiger partial charge in [-0.25, -0.2) is 4.99 Å². The van der Waals surface area contributed by atoms with Crippen molar-refractivity contribution in [2.24, 2.45) is 10.7 Å². The lowest BCUT2D eigenvalue weighted by molar-refractivity contribution is -0.274. The minimum atomic E-state index is -4.80. The van der Waals surface area contributed by atoms with Crippen molar-refractivity contribution >= 4 is 34.7 Å². The minimum absolute atomic E-state index is 0.0118. The molecule has 0 aliphatic rings. The minimum Gasteiger partial charge on any atom is -0.404 e. The van der Waals surface area contributed by atoms with Crippen LogP contribution in [0.5, 0.6) is 5.75 Å². The summed E-state index contributed by atoms with van der Waals surface area (Å²) < 4.78 is 40.0. The third-order valence-electron chi connectivity index (χ3n) is 1.88. The van der Waals surface area contributed by atoms with Crippen LogP contribution in [0.2, 0.25) is 5.02 Å². The Morgan fingerprint density at radius 3 is 2.56 bits per heavy atom. The van der Waals surface area contributed by atoms with Crippen molar-refractivity contribution < 1.29 is 17.9 Å². The molecule has 0 radical (unpaired) electrons. The molecule has 1 rings (SSSR count). The van der Waals surface area contributed by atoms with Crippen LogP contribution in [-0.4, -0.2) is 18.1 Å². The average molecular weight is 301 g/mol. The summed E-state index contributed by atoms with van der Waals surface area (Å²) in [5, 5.41) is -0.209. The molecule has 0 heterocycles. The Morgan fingerprint density at radius 1 is 1.44 bits per heavy atom. The fourth-order valence-electron chi connectivity index (χ4n) is 1.15. The van der Waals surface area contributed by atoms with Gasteiger partial charge in [0.05, 0.1) is 16.6 Å². The summed E-state index contributed by atoms with van der Waals surface area (Å²) in [6.07, 6.45) is -4.80. The third kappa shape index (κ3) is 4.27. The zero-order chi connectivity index (χ0) is 13.9. The number of aryl methyl sites for hydroxylation is 1. The van der Waals surface area contributed by atoms with E-state index in [2.05, 4.69) is 9.73 Å². The van der Waals surface area contributed by atoms with Crippen molar-refractivity contribution in [1.82, 2.24) is 0 Å². The summed E-state index contributed by atoms with van der Waals surface area (Å²) in [5.74, 6) is -0.330. The Morgan fingerprint density at radius 2 is 2.06 bits per heavy atom. The molecular weight excluding hydrogens is 292 g/mol. The summed E-state index contributed by atoms with van der Waals surface area (Å²) in [6.45, 7) is 1.56. The monoisotopic (exact) mass is 300 g/mol. The summed E-state index contributed by atoms with van der Waals surface area (Å²) in [4.78, 5) is 3.92. The summed E-state index contributed by atoms with van der Waals surface area (Å²) >= 11 is 11.1. The highest BCUT2D eigenvalue weighted by Crippen LogP contribution is 2.35. The molecular formula is C10H9Cl2F3N2O. The molecule has 0 saturated carbocycles. The van der Waals surface area contributed by atoms with E-state index in [-0.39, 0.29) is 16.7 Å². The number of halogens is 5. The highest BCUT2D eigenvalue weighted by atomic mass is 35.5. The van der Waals surface area contributed by atoms with Gasteiger partial charge in [-0.05, 0) is 24.6 Å². The van der Waals surface area contributed by atoms with Crippen molar-refractivity contribution in [2.45, 2.75) is 13.3 Å². The number of amidine groups is 1. The van der Waals surface area contributed by atoms with Crippen LogP contribution in [-0.2, 0) is 0 Å². The molecule has 0 atom stereocenters. The van der Waals surface area contributed by atoms with Crippen LogP contribution in [0.4, 0.5) is 18.9 Å². The summed E-state index contributed by atoms with van der Waals surface area (Å²) in [7, 11) is 0. The van der Waals surface area contributed by atoms with Gasteiger partial charge in [0.15, 0.2) is 0 Å². The van der Waals surface area contributed by atoms with Crippen LogP contribution in [0.3, 0.4) is 0 Å². The Kier molecular flexibility index (Phi) is 4.70. The second-order valence-electron chi connectivity index (χ2n) is 3.35. The molecule has 1 aromatic rings.